The van der Waals surface area contributed by atoms with Crippen molar-refractivity contribution in [3.8, 4) is 0 Å². The van der Waals surface area contributed by atoms with E-state index in [2.05, 4.69) is 43.4 Å². The van der Waals surface area contributed by atoms with E-state index in [0.717, 1.165) is 6.54 Å². The van der Waals surface area contributed by atoms with Gasteiger partial charge in [-0.25, -0.2) is 0 Å². The van der Waals surface area contributed by atoms with Crippen LogP contribution in [-0.4, -0.2) is 0 Å². The molecule has 1 N–H and O–H groups in total. The fourth-order valence-electron chi connectivity index (χ4n) is 1.70. The van der Waals surface area contributed by atoms with Crippen molar-refractivity contribution in [2.45, 2.75) is 39.8 Å². The topological polar surface area (TPSA) is 12.0 Å². The lowest BCUT2D eigenvalue weighted by Gasteiger charge is -2.19. The Morgan fingerprint density at radius 2 is 1.77 bits per heavy atom. The van der Waals surface area contributed by atoms with Crippen LogP contribution < -0.4 is 5.32 Å². The molecule has 0 spiro atoms. The van der Waals surface area contributed by atoms with E-state index >= 15 is 0 Å². The molecule has 2 rings (SSSR count). The van der Waals surface area contributed by atoms with Crippen LogP contribution in [0.15, 0.2) is 24.3 Å². The van der Waals surface area contributed by atoms with Gasteiger partial charge in [0.2, 0.25) is 0 Å². The number of rotatable bonds is 0. The molecule has 1 heterocycles. The van der Waals surface area contributed by atoms with Gasteiger partial charge in [-0.15, -0.1) is 0 Å². The minimum Gasteiger partial charge on any atom is -0.304 e. The Labute approximate surface area is 81.2 Å². The summed E-state index contributed by atoms with van der Waals surface area (Å²) in [6, 6.07) is 8.60. The normalized spacial score (nSPS) is 17.2. The third-order valence-corrected chi connectivity index (χ3v) is 2.41. The number of hydrogen-bond acceptors (Lipinski definition) is 1. The first kappa shape index (κ1) is 10.3. The van der Waals surface area contributed by atoms with Gasteiger partial charge in [0, 0.05) is 12.1 Å². The van der Waals surface area contributed by atoms with Crippen LogP contribution in [-0.2, 0) is 12.1 Å². The molecule has 0 atom stereocenters. The lowest BCUT2D eigenvalue weighted by molar-refractivity contribution is 0.442. The van der Waals surface area contributed by atoms with Crippen molar-refractivity contribution in [1.29, 1.82) is 0 Å². The van der Waals surface area contributed by atoms with Gasteiger partial charge in [0.1, 0.15) is 0 Å². The van der Waals surface area contributed by atoms with Crippen LogP contribution in [0.5, 0.6) is 0 Å². The molecule has 0 radical (unpaired) electrons. The fourth-order valence-corrected chi connectivity index (χ4v) is 1.70. The quantitative estimate of drug-likeness (QED) is 0.642. The first-order chi connectivity index (χ1) is 6.20. The van der Waals surface area contributed by atoms with Crippen LogP contribution in [0.3, 0.4) is 0 Å². The van der Waals surface area contributed by atoms with Crippen LogP contribution in [0.25, 0.3) is 0 Å². The molecular weight excluding hydrogens is 158 g/mol. The molecular formula is C12H19N. The van der Waals surface area contributed by atoms with Gasteiger partial charge in [0.15, 0.2) is 0 Å². The van der Waals surface area contributed by atoms with Crippen LogP contribution in [0.4, 0.5) is 0 Å². The molecule has 1 aliphatic rings. The van der Waals surface area contributed by atoms with Crippen LogP contribution in [0.2, 0.25) is 0 Å². The molecule has 0 amide bonds. The van der Waals surface area contributed by atoms with E-state index in [1.54, 1.807) is 0 Å². The molecule has 1 aliphatic heterocycles. The Bertz CT molecular complexity index is 276. The molecule has 1 heteroatoms. The van der Waals surface area contributed by atoms with E-state index in [1.807, 2.05) is 13.8 Å². The zero-order chi connectivity index (χ0) is 9.90. The van der Waals surface area contributed by atoms with Crippen molar-refractivity contribution in [3.63, 3.8) is 0 Å². The number of benzene rings is 1. The second-order valence-corrected chi connectivity index (χ2v) is 3.64. The standard InChI is InChI=1S/C10H13N.C2H6/c1-10(2)9-6-4-3-5-8(9)7-11-10;1-2/h3-6,11H,7H2,1-2H3;1-2H3. The Morgan fingerprint density at radius 1 is 1.15 bits per heavy atom. The van der Waals surface area contributed by atoms with Crippen molar-refractivity contribution < 1.29 is 0 Å². The fraction of sp³-hybridized carbons (Fsp3) is 0.500. The van der Waals surface area contributed by atoms with Crippen LogP contribution >= 0.6 is 0 Å². The van der Waals surface area contributed by atoms with Crippen molar-refractivity contribution in [3.05, 3.63) is 35.4 Å². The molecule has 0 unspecified atom stereocenters. The highest BCUT2D eigenvalue weighted by Crippen LogP contribution is 2.29. The third kappa shape index (κ3) is 1.92. The third-order valence-electron chi connectivity index (χ3n) is 2.41. The molecule has 1 aromatic carbocycles. The highest BCUT2D eigenvalue weighted by Gasteiger charge is 2.27. The summed E-state index contributed by atoms with van der Waals surface area (Å²) < 4.78 is 0. The average molecular weight is 177 g/mol. The molecule has 0 fully saturated rings. The second-order valence-electron chi connectivity index (χ2n) is 3.64. The summed E-state index contributed by atoms with van der Waals surface area (Å²) >= 11 is 0. The summed E-state index contributed by atoms with van der Waals surface area (Å²) in [5.41, 5.74) is 3.06. The van der Waals surface area contributed by atoms with Gasteiger partial charge >= 0.3 is 0 Å². The predicted molar refractivity (Wildman–Crippen MR) is 57.7 cm³/mol. The van der Waals surface area contributed by atoms with Crippen LogP contribution in [0, 0.1) is 0 Å². The predicted octanol–water partition coefficient (Wildman–Crippen LogP) is 3.05. The molecule has 0 saturated carbocycles. The summed E-state index contributed by atoms with van der Waals surface area (Å²) in [4.78, 5) is 0. The lowest BCUT2D eigenvalue weighted by Crippen LogP contribution is -2.28. The minimum atomic E-state index is 0.177. The van der Waals surface area contributed by atoms with Crippen molar-refractivity contribution in [2.75, 3.05) is 0 Å². The van der Waals surface area contributed by atoms with Gasteiger partial charge in [-0.1, -0.05) is 38.1 Å². The number of fused-ring (bicyclic) bond motifs is 1. The second kappa shape index (κ2) is 3.93. The smallest absolute Gasteiger partial charge is 0.0383 e. The summed E-state index contributed by atoms with van der Waals surface area (Å²) in [6.07, 6.45) is 0. The van der Waals surface area contributed by atoms with Crippen molar-refractivity contribution >= 4 is 0 Å². The maximum Gasteiger partial charge on any atom is 0.0383 e. The molecule has 0 saturated heterocycles. The van der Waals surface area contributed by atoms with Gasteiger partial charge in [0.05, 0.1) is 0 Å². The van der Waals surface area contributed by atoms with Crippen LogP contribution in [0.1, 0.15) is 38.8 Å². The minimum absolute atomic E-state index is 0.177. The summed E-state index contributed by atoms with van der Waals surface area (Å²) in [5, 5.41) is 3.46. The number of hydrogen-bond donors (Lipinski definition) is 1. The summed E-state index contributed by atoms with van der Waals surface area (Å²) in [6.45, 7) is 9.46. The molecule has 72 valence electrons. The molecule has 1 nitrogen and oxygen atoms in total. The Hall–Kier alpha value is -0.820. The van der Waals surface area contributed by atoms with E-state index in [0.29, 0.717) is 0 Å². The van der Waals surface area contributed by atoms with Gasteiger partial charge < -0.3 is 5.32 Å². The van der Waals surface area contributed by atoms with E-state index in [4.69, 9.17) is 0 Å². The SMILES string of the molecule is CC.CC1(C)NCc2ccccc21. The molecule has 0 aromatic heterocycles. The van der Waals surface area contributed by atoms with Gasteiger partial charge in [0.25, 0.3) is 0 Å². The molecule has 0 aliphatic carbocycles. The highest BCUT2D eigenvalue weighted by atomic mass is 15.0. The molecule has 0 bridgehead atoms. The maximum absolute atomic E-state index is 3.46. The van der Waals surface area contributed by atoms with Gasteiger partial charge in [-0.2, -0.15) is 0 Å². The van der Waals surface area contributed by atoms with Crippen molar-refractivity contribution in [1.82, 2.24) is 5.32 Å². The highest BCUT2D eigenvalue weighted by molar-refractivity contribution is 5.36. The van der Waals surface area contributed by atoms with E-state index < -0.39 is 0 Å². The largest absolute Gasteiger partial charge is 0.304 e. The molecule has 1 aromatic rings. The van der Waals surface area contributed by atoms with E-state index in [-0.39, 0.29) is 5.54 Å². The average Bonchev–Trinajstić information content (AvgIpc) is 2.47. The maximum atomic E-state index is 3.46. The number of nitrogens with one attached hydrogen (secondary N) is 1. The van der Waals surface area contributed by atoms with Crippen molar-refractivity contribution in [2.24, 2.45) is 0 Å². The Balaban J connectivity index is 0.000000396. The summed E-state index contributed by atoms with van der Waals surface area (Å²) in [5.74, 6) is 0. The molecule has 13 heavy (non-hydrogen) atoms. The first-order valence-electron chi connectivity index (χ1n) is 5.03. The first-order valence-corrected chi connectivity index (χ1v) is 5.03. The van der Waals surface area contributed by atoms with Gasteiger partial charge in [-0.3, -0.25) is 0 Å². The zero-order valence-corrected chi connectivity index (χ0v) is 9.02. The zero-order valence-electron chi connectivity index (χ0n) is 9.02. The Morgan fingerprint density at radius 3 is 2.38 bits per heavy atom. The summed E-state index contributed by atoms with van der Waals surface area (Å²) in [7, 11) is 0. The van der Waals surface area contributed by atoms with E-state index in [9.17, 15) is 0 Å². The monoisotopic (exact) mass is 177 g/mol. The van der Waals surface area contributed by atoms with E-state index in [1.165, 1.54) is 11.1 Å². The Kier molecular flexibility index (Phi) is 3.10. The van der Waals surface area contributed by atoms with Gasteiger partial charge in [-0.05, 0) is 25.0 Å². The lowest BCUT2D eigenvalue weighted by atomic mass is 9.95.